The zero-order valence-corrected chi connectivity index (χ0v) is 16.7. The number of hydrogen-bond acceptors (Lipinski definition) is 6. The molecule has 154 valence electrons. The highest BCUT2D eigenvalue weighted by Gasteiger charge is 2.67. The van der Waals surface area contributed by atoms with Crippen LogP contribution in [-0.4, -0.2) is 43.6 Å². The summed E-state index contributed by atoms with van der Waals surface area (Å²) in [6.45, 7) is 2.04. The van der Waals surface area contributed by atoms with Crippen LogP contribution in [0.4, 0.5) is 0 Å². The summed E-state index contributed by atoms with van der Waals surface area (Å²) in [7, 11) is 6.04. The summed E-state index contributed by atoms with van der Waals surface area (Å²) in [5, 5.41) is 0. The topological polar surface area (TPSA) is 71.1 Å². The Morgan fingerprint density at radius 2 is 1.53 bits per heavy atom. The zero-order valence-electron chi connectivity index (χ0n) is 16.7. The van der Waals surface area contributed by atoms with Crippen LogP contribution < -0.4 is 0 Å². The molecule has 2 bridgehead atoms. The molecule has 2 aliphatic heterocycles. The molecule has 0 N–H and O–H groups in total. The van der Waals surface area contributed by atoms with Crippen LogP contribution in [-0.2, 0) is 41.8 Å². The predicted molar refractivity (Wildman–Crippen MR) is 108 cm³/mol. The van der Waals surface area contributed by atoms with Crippen LogP contribution in [0.5, 0.6) is 0 Å². The minimum Gasteiger partial charge on any atom is -0.461 e. The maximum atomic E-state index is 12.9. The molecule has 6 nitrogen and oxygen atoms in total. The Labute approximate surface area is 176 Å². The highest BCUT2D eigenvalue weighted by atomic mass is 16.6. The molecule has 2 aliphatic rings. The number of hydrogen-bond donors (Lipinski definition) is 0. The van der Waals surface area contributed by atoms with E-state index < -0.39 is 41.7 Å². The van der Waals surface area contributed by atoms with Gasteiger partial charge >= 0.3 is 11.9 Å². The summed E-state index contributed by atoms with van der Waals surface area (Å²) in [5.41, 5.74) is 0.539. The fourth-order valence-corrected chi connectivity index (χ4v) is 4.18. The van der Waals surface area contributed by atoms with Gasteiger partial charge in [0.25, 0.3) is 0 Å². The van der Waals surface area contributed by atoms with Crippen molar-refractivity contribution in [3.05, 3.63) is 71.8 Å². The molecule has 2 heterocycles. The number of ether oxygens (including phenoxy) is 4. The van der Waals surface area contributed by atoms with Gasteiger partial charge in [0.15, 0.2) is 0 Å². The molecule has 4 rings (SSSR count). The lowest BCUT2D eigenvalue weighted by molar-refractivity contribution is -0.178. The molecule has 2 saturated heterocycles. The van der Waals surface area contributed by atoms with Gasteiger partial charge in [0, 0.05) is 6.00 Å². The third kappa shape index (κ3) is 4.00. The maximum Gasteiger partial charge on any atom is 0.315 e. The van der Waals surface area contributed by atoms with Crippen LogP contribution in [0.2, 0.25) is 0 Å². The van der Waals surface area contributed by atoms with E-state index in [4.69, 9.17) is 26.8 Å². The van der Waals surface area contributed by atoms with E-state index in [9.17, 15) is 9.59 Å². The van der Waals surface area contributed by atoms with Gasteiger partial charge in [0.2, 0.25) is 0 Å². The molecule has 2 radical (unpaired) electrons. The Morgan fingerprint density at radius 1 is 0.967 bits per heavy atom. The molecular formula is C23H23BO6. The summed E-state index contributed by atoms with van der Waals surface area (Å²) in [6.07, 6.45) is -1.30. The first-order valence-corrected chi connectivity index (χ1v) is 9.98. The van der Waals surface area contributed by atoms with Crippen molar-refractivity contribution in [2.24, 2.45) is 5.92 Å². The normalized spacial score (nSPS) is 29.5. The van der Waals surface area contributed by atoms with Gasteiger partial charge in [-0.25, -0.2) is 0 Å². The number of benzene rings is 2. The van der Waals surface area contributed by atoms with Gasteiger partial charge in [-0.2, -0.15) is 0 Å². The van der Waals surface area contributed by atoms with Crippen molar-refractivity contribution >= 4 is 19.8 Å². The van der Waals surface area contributed by atoms with Gasteiger partial charge < -0.3 is 18.9 Å². The number of carbonyl (C=O) groups excluding carboxylic acids is 2. The van der Waals surface area contributed by atoms with Crippen LogP contribution in [0.15, 0.2) is 60.7 Å². The molecule has 0 spiro atoms. The van der Waals surface area contributed by atoms with E-state index in [1.54, 1.807) is 6.92 Å². The lowest BCUT2D eigenvalue weighted by Crippen LogP contribution is -2.48. The quantitative estimate of drug-likeness (QED) is 0.520. The molecule has 0 amide bonds. The molecule has 2 aromatic rings. The first-order chi connectivity index (χ1) is 14.5. The average molecular weight is 406 g/mol. The molecule has 0 aliphatic carbocycles. The van der Waals surface area contributed by atoms with Crippen LogP contribution in [0.1, 0.15) is 24.5 Å². The maximum absolute atomic E-state index is 12.9. The van der Waals surface area contributed by atoms with Crippen LogP contribution in [0.3, 0.4) is 0 Å². The van der Waals surface area contributed by atoms with Crippen LogP contribution in [0.25, 0.3) is 0 Å². The number of fused-ring (bicyclic) bond motifs is 2. The smallest absolute Gasteiger partial charge is 0.315 e. The zero-order chi connectivity index (χ0) is 21.1. The molecule has 7 heteroatoms. The van der Waals surface area contributed by atoms with Crippen molar-refractivity contribution in [3.8, 4) is 0 Å². The fourth-order valence-electron chi connectivity index (χ4n) is 4.18. The van der Waals surface area contributed by atoms with Crippen molar-refractivity contribution in [2.75, 3.05) is 0 Å². The number of rotatable bonds is 7. The summed E-state index contributed by atoms with van der Waals surface area (Å²) in [4.78, 5) is 25.6. The van der Waals surface area contributed by atoms with Crippen molar-refractivity contribution < 1.29 is 28.5 Å². The highest BCUT2D eigenvalue weighted by Crippen LogP contribution is 2.50. The van der Waals surface area contributed by atoms with Gasteiger partial charge in [0.1, 0.15) is 32.6 Å². The third-order valence-electron chi connectivity index (χ3n) is 5.72. The Kier molecular flexibility index (Phi) is 5.93. The second kappa shape index (κ2) is 8.62. The third-order valence-corrected chi connectivity index (χ3v) is 5.72. The van der Waals surface area contributed by atoms with E-state index in [1.165, 1.54) is 0 Å². The summed E-state index contributed by atoms with van der Waals surface area (Å²) in [6, 6.07) is 17.9. The van der Waals surface area contributed by atoms with Gasteiger partial charge in [-0.1, -0.05) is 60.7 Å². The highest BCUT2D eigenvalue weighted by molar-refractivity contribution is 6.12. The van der Waals surface area contributed by atoms with Crippen molar-refractivity contribution in [3.63, 3.8) is 0 Å². The van der Waals surface area contributed by atoms with E-state index in [2.05, 4.69) is 0 Å². The molecule has 2 aromatic carbocycles. The monoisotopic (exact) mass is 406 g/mol. The molecule has 1 unspecified atom stereocenters. The van der Waals surface area contributed by atoms with E-state index in [0.29, 0.717) is 0 Å². The van der Waals surface area contributed by atoms with E-state index in [-0.39, 0.29) is 19.6 Å². The van der Waals surface area contributed by atoms with Gasteiger partial charge in [0.05, 0.1) is 18.6 Å². The van der Waals surface area contributed by atoms with Crippen molar-refractivity contribution in [1.29, 1.82) is 0 Å². The summed E-state index contributed by atoms with van der Waals surface area (Å²) in [5.74, 6) is -1.77. The van der Waals surface area contributed by atoms with Gasteiger partial charge in [-0.05, 0) is 18.1 Å². The fraction of sp³-hybridized carbons (Fsp3) is 0.391. The summed E-state index contributed by atoms with van der Waals surface area (Å²) < 4.78 is 22.7. The summed E-state index contributed by atoms with van der Waals surface area (Å²) >= 11 is 0. The Morgan fingerprint density at radius 3 is 2.13 bits per heavy atom. The molecule has 5 atom stereocenters. The minimum atomic E-state index is -1.20. The molecule has 0 saturated carbocycles. The van der Waals surface area contributed by atoms with Crippen LogP contribution >= 0.6 is 0 Å². The lowest BCUT2D eigenvalue weighted by atomic mass is 9.80. The van der Waals surface area contributed by atoms with E-state index >= 15 is 0 Å². The first-order valence-electron chi connectivity index (χ1n) is 9.98. The van der Waals surface area contributed by atoms with Crippen molar-refractivity contribution in [1.82, 2.24) is 0 Å². The molecular weight excluding hydrogens is 383 g/mol. The Hall–Kier alpha value is -2.64. The lowest BCUT2D eigenvalue weighted by Gasteiger charge is -2.35. The van der Waals surface area contributed by atoms with Crippen LogP contribution in [0, 0.1) is 5.92 Å². The van der Waals surface area contributed by atoms with E-state index in [0.717, 1.165) is 11.1 Å². The van der Waals surface area contributed by atoms with Gasteiger partial charge in [-0.3, -0.25) is 9.59 Å². The minimum absolute atomic E-state index is 0.126. The Bertz CT molecular complexity index is 889. The molecule has 0 aromatic heterocycles. The van der Waals surface area contributed by atoms with E-state index in [1.807, 2.05) is 60.7 Å². The predicted octanol–water partition coefficient (Wildman–Crippen LogP) is 2.53. The van der Waals surface area contributed by atoms with Gasteiger partial charge in [-0.15, -0.1) is 0 Å². The second-order valence-electron chi connectivity index (χ2n) is 7.67. The van der Waals surface area contributed by atoms with Crippen molar-refractivity contribution in [2.45, 2.75) is 50.4 Å². The molecule has 2 fully saturated rings. The molecule has 30 heavy (non-hydrogen) atoms. The number of carbonyl (C=O) groups is 2. The average Bonchev–Trinajstić information content (AvgIpc) is 3.19. The second-order valence-corrected chi connectivity index (χ2v) is 7.67. The Balaban J connectivity index is 1.44. The SMILES string of the molecule is [B][C@@H]1O[C@]2(CC(=O)OCc3ccccc3)C(C(=O)OCc3ccccc3)[C@@H]1O[C@H]2C. The first kappa shape index (κ1) is 20.6. The standard InChI is InChI=1S/C23H23BO6/c1-15-23(12-18(25)27-13-16-8-4-2-5-9-16)19(20(29-15)21(24)30-23)22(26)28-14-17-10-6-3-7-11-17/h2-11,15,19-21H,12-14H2,1H3/t15-,19?,20-,21+,23-/m0/s1. The largest absolute Gasteiger partial charge is 0.461 e. The number of esters is 2.